The van der Waals surface area contributed by atoms with E-state index >= 15 is 0 Å². The minimum atomic E-state index is 0.694. The van der Waals surface area contributed by atoms with Gasteiger partial charge in [0.25, 0.3) is 0 Å². The average Bonchev–Trinajstić information content (AvgIpc) is 3.13. The zero-order chi connectivity index (χ0) is 15.4. The maximum Gasteiger partial charge on any atom is 0.212 e. The highest BCUT2D eigenvalue weighted by molar-refractivity contribution is 7.98. The number of aryl methyl sites for hydroxylation is 1. The van der Waals surface area contributed by atoms with Crippen LogP contribution in [0.25, 0.3) is 0 Å². The Hall–Kier alpha value is -2.05. The van der Waals surface area contributed by atoms with Crippen molar-refractivity contribution in [2.45, 2.75) is 17.8 Å². The summed E-state index contributed by atoms with van der Waals surface area (Å²) in [5.41, 5.74) is 1.16. The van der Waals surface area contributed by atoms with Crippen LogP contribution in [0.2, 0.25) is 5.02 Å². The van der Waals surface area contributed by atoms with Gasteiger partial charge in [0.2, 0.25) is 5.16 Å². The summed E-state index contributed by atoms with van der Waals surface area (Å²) in [6.07, 6.45) is 3.21. The molecule has 3 aromatic rings. The van der Waals surface area contributed by atoms with Crippen LogP contribution in [0.3, 0.4) is 0 Å². The van der Waals surface area contributed by atoms with E-state index in [1.54, 1.807) is 29.0 Å². The van der Waals surface area contributed by atoms with Gasteiger partial charge in [-0.3, -0.25) is 0 Å². The van der Waals surface area contributed by atoms with Gasteiger partial charge < -0.3 is 4.42 Å². The predicted molar refractivity (Wildman–Crippen MR) is 87.5 cm³/mol. The molecule has 0 bridgehead atoms. The molecule has 0 N–H and O–H groups in total. The summed E-state index contributed by atoms with van der Waals surface area (Å²) in [4.78, 5) is 0. The van der Waals surface area contributed by atoms with Crippen LogP contribution in [-0.2, 0) is 5.75 Å². The third-order valence-electron chi connectivity index (χ3n) is 2.85. The molecule has 3 rings (SSSR count). The Morgan fingerprint density at radius 2 is 2.09 bits per heavy atom. The molecule has 0 aliphatic carbocycles. The molecule has 0 spiro atoms. The van der Waals surface area contributed by atoms with E-state index in [2.05, 4.69) is 15.3 Å². The van der Waals surface area contributed by atoms with Gasteiger partial charge >= 0.3 is 0 Å². The smallest absolute Gasteiger partial charge is 0.212 e. The maximum atomic E-state index is 5.88. The fourth-order valence-electron chi connectivity index (χ4n) is 1.76. The molecule has 22 heavy (non-hydrogen) atoms. The van der Waals surface area contributed by atoms with Crippen molar-refractivity contribution in [2.24, 2.45) is 5.10 Å². The van der Waals surface area contributed by atoms with Crippen molar-refractivity contribution in [3.8, 4) is 0 Å². The van der Waals surface area contributed by atoms with Gasteiger partial charge in [0.1, 0.15) is 17.8 Å². The van der Waals surface area contributed by atoms with Gasteiger partial charge in [0, 0.05) is 10.8 Å². The van der Waals surface area contributed by atoms with E-state index < -0.39 is 0 Å². The molecule has 2 heterocycles. The Kier molecular flexibility index (Phi) is 4.60. The molecule has 2 aromatic heterocycles. The van der Waals surface area contributed by atoms with Crippen LogP contribution in [0.5, 0.6) is 0 Å². The monoisotopic (exact) mass is 332 g/mol. The van der Waals surface area contributed by atoms with E-state index in [0.717, 1.165) is 27.3 Å². The summed E-state index contributed by atoms with van der Waals surface area (Å²) in [5.74, 6) is 2.31. The third kappa shape index (κ3) is 3.78. The van der Waals surface area contributed by atoms with Crippen molar-refractivity contribution in [3.05, 3.63) is 64.8 Å². The SMILES string of the molecule is Cc1ccc(/C=N/n2cnnc2SCc2ccc(Cl)cc2)o1. The van der Waals surface area contributed by atoms with Crippen LogP contribution < -0.4 is 0 Å². The van der Waals surface area contributed by atoms with Crippen LogP contribution in [-0.4, -0.2) is 21.1 Å². The van der Waals surface area contributed by atoms with E-state index in [1.807, 2.05) is 43.3 Å². The average molecular weight is 333 g/mol. The van der Waals surface area contributed by atoms with Crippen molar-refractivity contribution >= 4 is 29.6 Å². The van der Waals surface area contributed by atoms with Crippen LogP contribution in [0, 0.1) is 6.92 Å². The van der Waals surface area contributed by atoms with E-state index in [9.17, 15) is 0 Å². The quantitative estimate of drug-likeness (QED) is 0.523. The first-order valence-electron chi connectivity index (χ1n) is 6.59. The van der Waals surface area contributed by atoms with Crippen LogP contribution >= 0.6 is 23.4 Å². The van der Waals surface area contributed by atoms with Gasteiger partial charge in [-0.15, -0.1) is 10.2 Å². The van der Waals surface area contributed by atoms with E-state index in [0.29, 0.717) is 5.76 Å². The van der Waals surface area contributed by atoms with Gasteiger partial charge in [0.05, 0.1) is 6.21 Å². The second kappa shape index (κ2) is 6.81. The Labute approximate surface area is 137 Å². The van der Waals surface area contributed by atoms with E-state index in [1.165, 1.54) is 0 Å². The number of hydrogen-bond donors (Lipinski definition) is 0. The number of halogens is 1. The summed E-state index contributed by atoms with van der Waals surface area (Å²) in [5, 5.41) is 13.7. The predicted octanol–water partition coefficient (Wildman–Crippen LogP) is 4.01. The number of aromatic nitrogens is 3. The lowest BCUT2D eigenvalue weighted by Gasteiger charge is -2.01. The van der Waals surface area contributed by atoms with Gasteiger partial charge in [0.15, 0.2) is 0 Å². The second-order valence-electron chi connectivity index (χ2n) is 4.57. The van der Waals surface area contributed by atoms with Crippen molar-refractivity contribution in [2.75, 3.05) is 0 Å². The first kappa shape index (κ1) is 14.9. The van der Waals surface area contributed by atoms with E-state index in [-0.39, 0.29) is 0 Å². The molecule has 112 valence electrons. The summed E-state index contributed by atoms with van der Waals surface area (Å²) in [6, 6.07) is 11.5. The Morgan fingerprint density at radius 3 is 2.82 bits per heavy atom. The van der Waals surface area contributed by atoms with Crippen molar-refractivity contribution < 1.29 is 4.42 Å². The first-order chi connectivity index (χ1) is 10.7. The number of thioether (sulfide) groups is 1. The molecule has 1 aromatic carbocycles. The Bertz CT molecular complexity index is 779. The normalized spacial score (nSPS) is 11.4. The molecule has 0 saturated heterocycles. The highest BCUT2D eigenvalue weighted by Gasteiger charge is 2.05. The van der Waals surface area contributed by atoms with Gasteiger partial charge in [-0.05, 0) is 36.8 Å². The van der Waals surface area contributed by atoms with Crippen molar-refractivity contribution in [1.29, 1.82) is 0 Å². The summed E-state index contributed by atoms with van der Waals surface area (Å²) >= 11 is 7.43. The zero-order valence-corrected chi connectivity index (χ0v) is 13.4. The second-order valence-corrected chi connectivity index (χ2v) is 5.95. The summed E-state index contributed by atoms with van der Waals surface area (Å²) in [7, 11) is 0. The summed E-state index contributed by atoms with van der Waals surface area (Å²) < 4.78 is 7.06. The highest BCUT2D eigenvalue weighted by atomic mass is 35.5. The van der Waals surface area contributed by atoms with E-state index in [4.69, 9.17) is 16.0 Å². The molecule has 0 aliphatic heterocycles. The van der Waals surface area contributed by atoms with Crippen LogP contribution in [0.4, 0.5) is 0 Å². The molecular weight excluding hydrogens is 320 g/mol. The molecule has 0 amide bonds. The number of rotatable bonds is 5. The molecule has 5 nitrogen and oxygen atoms in total. The summed E-state index contributed by atoms with van der Waals surface area (Å²) in [6.45, 7) is 1.89. The maximum absolute atomic E-state index is 5.88. The standard InChI is InChI=1S/C15H13ClN4OS/c1-11-2-7-14(21-11)8-18-20-10-17-19-15(20)22-9-12-3-5-13(16)6-4-12/h2-8,10H,9H2,1H3/b18-8+. The zero-order valence-electron chi connectivity index (χ0n) is 11.8. The first-order valence-corrected chi connectivity index (χ1v) is 7.95. The number of hydrogen-bond acceptors (Lipinski definition) is 5. The number of benzene rings is 1. The van der Waals surface area contributed by atoms with Gasteiger partial charge in [-0.2, -0.15) is 9.78 Å². The largest absolute Gasteiger partial charge is 0.460 e. The highest BCUT2D eigenvalue weighted by Crippen LogP contribution is 2.21. The lowest BCUT2D eigenvalue weighted by atomic mass is 10.2. The lowest BCUT2D eigenvalue weighted by molar-refractivity contribution is 0.527. The Balaban J connectivity index is 1.67. The van der Waals surface area contributed by atoms with Crippen molar-refractivity contribution in [3.63, 3.8) is 0 Å². The molecule has 7 heteroatoms. The molecule has 0 radical (unpaired) electrons. The molecular formula is C15H13ClN4OS. The molecule has 0 aliphatic rings. The number of nitrogens with zero attached hydrogens (tertiary/aromatic N) is 4. The third-order valence-corrected chi connectivity index (χ3v) is 4.11. The lowest BCUT2D eigenvalue weighted by Crippen LogP contribution is -1.92. The van der Waals surface area contributed by atoms with Gasteiger partial charge in [-0.25, -0.2) is 0 Å². The Morgan fingerprint density at radius 1 is 1.27 bits per heavy atom. The minimum Gasteiger partial charge on any atom is -0.460 e. The molecule has 0 saturated carbocycles. The topological polar surface area (TPSA) is 56.2 Å². The fraction of sp³-hybridized carbons (Fsp3) is 0.133. The molecule has 0 fully saturated rings. The van der Waals surface area contributed by atoms with Crippen LogP contribution in [0.1, 0.15) is 17.1 Å². The minimum absolute atomic E-state index is 0.694. The molecule has 0 unspecified atom stereocenters. The van der Waals surface area contributed by atoms with Gasteiger partial charge in [-0.1, -0.05) is 35.5 Å². The fourth-order valence-corrected chi connectivity index (χ4v) is 2.71. The molecule has 0 atom stereocenters. The number of furan rings is 1. The van der Waals surface area contributed by atoms with Crippen molar-refractivity contribution in [1.82, 2.24) is 14.9 Å². The van der Waals surface area contributed by atoms with Crippen LogP contribution in [0.15, 0.2) is 57.4 Å².